The summed E-state index contributed by atoms with van der Waals surface area (Å²) >= 11 is 0. The van der Waals surface area contributed by atoms with E-state index in [1.807, 2.05) is 67.8 Å². The van der Waals surface area contributed by atoms with Gasteiger partial charge in [0.1, 0.15) is 11.9 Å². The summed E-state index contributed by atoms with van der Waals surface area (Å²) in [6, 6.07) is 16.9. The molecule has 2 amide bonds. The first-order valence-corrected chi connectivity index (χ1v) is 17.2. The number of ether oxygens (including phenoxy) is 1. The third kappa shape index (κ3) is 6.91. The summed E-state index contributed by atoms with van der Waals surface area (Å²) in [5, 5.41) is 14.9. The van der Waals surface area contributed by atoms with Gasteiger partial charge in [0.05, 0.1) is 30.2 Å². The fraction of sp³-hybridized carbons (Fsp3) is 0.424. The van der Waals surface area contributed by atoms with Crippen LogP contribution >= 0.6 is 0 Å². The molecule has 0 unspecified atom stereocenters. The van der Waals surface area contributed by atoms with Gasteiger partial charge in [-0.25, -0.2) is 13.2 Å². The Balaban J connectivity index is 1.18. The van der Waals surface area contributed by atoms with E-state index in [1.54, 1.807) is 12.1 Å². The first-order chi connectivity index (χ1) is 21.3. The molecule has 0 radical (unpaired) electrons. The van der Waals surface area contributed by atoms with Crippen LogP contribution in [0.5, 0.6) is 5.75 Å². The van der Waals surface area contributed by atoms with Gasteiger partial charge in [-0.2, -0.15) is 0 Å². The number of amides is 2. The molecule has 1 aliphatic carbocycles. The Morgan fingerprint density at radius 2 is 1.73 bits per heavy atom. The highest BCUT2D eigenvalue weighted by molar-refractivity contribution is 7.92. The van der Waals surface area contributed by atoms with Gasteiger partial charge in [0, 0.05) is 5.69 Å². The van der Waals surface area contributed by atoms with Crippen LogP contribution < -0.4 is 20.1 Å². The molecule has 0 spiro atoms. The van der Waals surface area contributed by atoms with Gasteiger partial charge >= 0.3 is 6.03 Å². The average molecular weight is 632 g/mol. The first-order valence-electron chi connectivity index (χ1n) is 15.4. The number of hydrogen-bond acceptors (Lipinski definition) is 7. The normalized spacial score (nSPS) is 20.5. The molecule has 1 fully saturated rings. The third-order valence-electron chi connectivity index (χ3n) is 8.60. The molecule has 0 bridgehead atoms. The fourth-order valence-corrected chi connectivity index (χ4v) is 6.89. The first kappa shape index (κ1) is 30.8. The fourth-order valence-electron chi connectivity index (χ4n) is 6.34. The molecule has 2 aliphatic rings. The number of rotatable bonds is 7. The summed E-state index contributed by atoms with van der Waals surface area (Å²) in [7, 11) is -1.36. The van der Waals surface area contributed by atoms with E-state index in [4.69, 9.17) is 4.74 Å². The number of likely N-dealkylation sites (tertiary alicyclic amines) is 1. The molecular weight excluding hydrogens is 590 g/mol. The third-order valence-corrected chi connectivity index (χ3v) is 9.21. The molecule has 0 saturated carbocycles. The van der Waals surface area contributed by atoms with Crippen LogP contribution in [0.3, 0.4) is 0 Å². The van der Waals surface area contributed by atoms with Crippen molar-refractivity contribution in [3.63, 3.8) is 0 Å². The minimum Gasteiger partial charge on any atom is -0.484 e. The van der Waals surface area contributed by atoms with Crippen molar-refractivity contribution < 1.29 is 17.9 Å². The summed E-state index contributed by atoms with van der Waals surface area (Å²) in [4.78, 5) is 15.6. The number of fused-ring (bicyclic) bond motifs is 2. The van der Waals surface area contributed by atoms with Gasteiger partial charge in [-0.1, -0.05) is 45.0 Å². The maximum atomic E-state index is 13.3. The zero-order valence-corrected chi connectivity index (χ0v) is 27.2. The number of hydrogen-bond donors (Lipinski definition) is 3. The van der Waals surface area contributed by atoms with Crippen LogP contribution in [0.4, 0.5) is 16.2 Å². The van der Waals surface area contributed by atoms with Crippen molar-refractivity contribution in [2.75, 3.05) is 29.9 Å². The van der Waals surface area contributed by atoms with Crippen LogP contribution in [0.1, 0.15) is 87.2 Å². The highest BCUT2D eigenvalue weighted by Gasteiger charge is 2.31. The zero-order valence-electron chi connectivity index (χ0n) is 26.4. The Bertz CT molecular complexity index is 1830. The van der Waals surface area contributed by atoms with Crippen molar-refractivity contribution in [3.8, 4) is 5.75 Å². The van der Waals surface area contributed by atoms with Crippen molar-refractivity contribution in [1.29, 1.82) is 0 Å². The van der Waals surface area contributed by atoms with Crippen LogP contribution in [-0.4, -0.2) is 53.8 Å². The van der Waals surface area contributed by atoms with E-state index in [0.29, 0.717) is 24.2 Å². The molecule has 6 rings (SSSR count). The van der Waals surface area contributed by atoms with Crippen molar-refractivity contribution in [2.24, 2.45) is 0 Å². The predicted molar refractivity (Wildman–Crippen MR) is 175 cm³/mol. The minimum atomic E-state index is -3.48. The molecule has 2 aromatic heterocycles. The summed E-state index contributed by atoms with van der Waals surface area (Å²) in [5.41, 5.74) is 4.37. The van der Waals surface area contributed by atoms with Crippen LogP contribution in [0, 0.1) is 0 Å². The summed E-state index contributed by atoms with van der Waals surface area (Å²) in [6.45, 7) is 7.15. The van der Waals surface area contributed by atoms with E-state index in [-0.39, 0.29) is 29.6 Å². The van der Waals surface area contributed by atoms with E-state index in [2.05, 4.69) is 43.6 Å². The largest absolute Gasteiger partial charge is 0.484 e. The van der Waals surface area contributed by atoms with Gasteiger partial charge < -0.3 is 15.4 Å². The average Bonchev–Trinajstić information content (AvgIpc) is 3.58. The monoisotopic (exact) mass is 631 g/mol. The topological polar surface area (TPSA) is 130 Å². The van der Waals surface area contributed by atoms with Gasteiger partial charge in [-0.05, 0) is 91.7 Å². The lowest BCUT2D eigenvalue weighted by Crippen LogP contribution is -2.35. The van der Waals surface area contributed by atoms with Crippen LogP contribution in [-0.2, 0) is 15.4 Å². The Kier molecular flexibility index (Phi) is 8.21. The van der Waals surface area contributed by atoms with E-state index in [0.717, 1.165) is 59.6 Å². The number of anilines is 2. The molecule has 1 aliphatic heterocycles. The molecule has 3 atom stereocenters. The van der Waals surface area contributed by atoms with Crippen LogP contribution in [0.15, 0.2) is 60.8 Å². The number of nitrogens with zero attached hydrogens (tertiary/aromatic N) is 4. The molecule has 12 heteroatoms. The molecule has 2 aromatic carbocycles. The quantitative estimate of drug-likeness (QED) is 0.230. The van der Waals surface area contributed by atoms with E-state index >= 15 is 0 Å². The Morgan fingerprint density at radius 3 is 2.44 bits per heavy atom. The summed E-state index contributed by atoms with van der Waals surface area (Å²) in [5.74, 6) is 1.67. The number of pyridine rings is 1. The number of carbonyl (C=O) groups excluding carboxylic acids is 1. The van der Waals surface area contributed by atoms with Gasteiger partial charge in [0.15, 0.2) is 11.5 Å². The molecular formula is C33H41N7O4S. The van der Waals surface area contributed by atoms with Crippen LogP contribution in [0.25, 0.3) is 5.65 Å². The maximum absolute atomic E-state index is 13.3. The minimum absolute atomic E-state index is 0.179. The number of nitrogens with one attached hydrogen (secondary N) is 3. The number of benzene rings is 2. The standard InChI is InChI=1S/C33H41N7O4S/c1-33(2,3)21-17-22(19-23(18-21)38-45(5,42)43)34-32(41)35-27-13-14-29(26-10-7-6-9-25(26)27)44-24-12-15-30-36-37-31(40(30)20-24)28-11-8-16-39(28)4/h6-7,9-10,12,15,17-20,27-29,38H,8,11,13-14,16H2,1-5H3,(H2,34,35,41)/t27-,28+,29+/m0/s1. The van der Waals surface area contributed by atoms with E-state index in [9.17, 15) is 13.2 Å². The SMILES string of the molecule is CN1CCC[C@@H]1c1nnc2ccc(O[C@@H]3CC[C@H](NC(=O)Nc4cc(NS(C)(=O)=O)cc(C(C)(C)C)c4)c4ccccc43)cn12. The lowest BCUT2D eigenvalue weighted by atomic mass is 9.85. The number of aromatic nitrogens is 3. The molecule has 3 N–H and O–H groups in total. The Hall–Kier alpha value is -4.16. The van der Waals surface area contributed by atoms with E-state index < -0.39 is 10.0 Å². The summed E-state index contributed by atoms with van der Waals surface area (Å²) < 4.78 is 35.0. The predicted octanol–water partition coefficient (Wildman–Crippen LogP) is 5.94. The second-order valence-electron chi connectivity index (χ2n) is 13.2. The van der Waals surface area contributed by atoms with Gasteiger partial charge in [0.2, 0.25) is 10.0 Å². The maximum Gasteiger partial charge on any atom is 0.319 e. The van der Waals surface area contributed by atoms with E-state index in [1.165, 1.54) is 0 Å². The molecule has 45 heavy (non-hydrogen) atoms. The molecule has 3 heterocycles. The smallest absolute Gasteiger partial charge is 0.319 e. The van der Waals surface area contributed by atoms with Crippen molar-refractivity contribution >= 4 is 33.1 Å². The van der Waals surface area contributed by atoms with Crippen LogP contribution in [0.2, 0.25) is 0 Å². The Labute approximate surface area is 264 Å². The highest BCUT2D eigenvalue weighted by Crippen LogP contribution is 2.39. The second kappa shape index (κ2) is 12.0. The highest BCUT2D eigenvalue weighted by atomic mass is 32.2. The second-order valence-corrected chi connectivity index (χ2v) is 14.9. The van der Waals surface area contributed by atoms with Gasteiger partial charge in [-0.15, -0.1) is 10.2 Å². The lowest BCUT2D eigenvalue weighted by Gasteiger charge is -2.32. The van der Waals surface area contributed by atoms with Gasteiger partial charge in [-0.3, -0.25) is 14.0 Å². The zero-order chi connectivity index (χ0) is 31.9. The number of urea groups is 1. The molecule has 238 valence electrons. The lowest BCUT2D eigenvalue weighted by molar-refractivity contribution is 0.171. The van der Waals surface area contributed by atoms with Gasteiger partial charge in [0.25, 0.3) is 0 Å². The summed E-state index contributed by atoms with van der Waals surface area (Å²) in [6.07, 6.45) is 6.50. The Morgan fingerprint density at radius 1 is 0.978 bits per heavy atom. The molecule has 4 aromatic rings. The van der Waals surface area contributed by atoms with Crippen molar-refractivity contribution in [1.82, 2.24) is 24.8 Å². The number of sulfonamides is 1. The number of carbonyl (C=O) groups is 1. The molecule has 11 nitrogen and oxygen atoms in total. The van der Waals surface area contributed by atoms with Crippen molar-refractivity contribution in [2.45, 2.75) is 70.1 Å². The molecule has 1 saturated heterocycles. The van der Waals surface area contributed by atoms with Crippen molar-refractivity contribution in [3.05, 3.63) is 83.3 Å².